The van der Waals surface area contributed by atoms with Gasteiger partial charge >= 0.3 is 0 Å². The molecule has 2 fully saturated rings. The van der Waals surface area contributed by atoms with E-state index in [2.05, 4.69) is 12.2 Å². The van der Waals surface area contributed by atoms with Crippen LogP contribution in [0.3, 0.4) is 0 Å². The highest BCUT2D eigenvalue weighted by atomic mass is 35.5. The maximum Gasteiger partial charge on any atom is 0.220 e. The Balaban J connectivity index is 1.91. The van der Waals surface area contributed by atoms with Crippen molar-refractivity contribution in [2.75, 3.05) is 19.8 Å². The fraction of sp³-hybridized carbons (Fsp3) is 0.632. The van der Waals surface area contributed by atoms with Gasteiger partial charge in [0, 0.05) is 25.0 Å². The molecular weight excluding hydrogens is 361 g/mol. The maximum atomic E-state index is 11.8. The molecule has 2 aliphatic heterocycles. The summed E-state index contributed by atoms with van der Waals surface area (Å²) >= 11 is 12.4. The zero-order valence-corrected chi connectivity index (χ0v) is 16.0. The third-order valence-electron chi connectivity index (χ3n) is 5.36. The van der Waals surface area contributed by atoms with Crippen LogP contribution in [-0.4, -0.2) is 37.9 Å². The molecule has 0 radical (unpaired) electrons. The van der Waals surface area contributed by atoms with Crippen LogP contribution in [0.5, 0.6) is 0 Å². The Morgan fingerprint density at radius 1 is 1.40 bits per heavy atom. The Hall–Kier alpha value is -0.810. The monoisotopic (exact) mass is 385 g/mol. The van der Waals surface area contributed by atoms with E-state index in [1.165, 1.54) is 0 Å². The first-order chi connectivity index (χ1) is 12.0. The fourth-order valence-corrected chi connectivity index (χ4v) is 4.25. The second-order valence-corrected chi connectivity index (χ2v) is 7.75. The highest BCUT2D eigenvalue weighted by Gasteiger charge is 2.44. The number of amides is 1. The Labute approximate surface area is 159 Å². The van der Waals surface area contributed by atoms with E-state index in [1.54, 1.807) is 0 Å². The summed E-state index contributed by atoms with van der Waals surface area (Å²) in [6, 6.07) is 5.76. The van der Waals surface area contributed by atoms with Crippen molar-refractivity contribution >= 4 is 29.1 Å². The predicted octanol–water partition coefficient (Wildman–Crippen LogP) is 4.12. The maximum absolute atomic E-state index is 11.8. The molecule has 2 saturated heterocycles. The molecule has 0 saturated carbocycles. The molecule has 3 atom stereocenters. The first-order valence-corrected chi connectivity index (χ1v) is 9.76. The van der Waals surface area contributed by atoms with Crippen LogP contribution in [0.2, 0.25) is 10.0 Å². The van der Waals surface area contributed by atoms with E-state index in [0.717, 1.165) is 37.9 Å². The highest BCUT2D eigenvalue weighted by Crippen LogP contribution is 2.41. The van der Waals surface area contributed by atoms with Gasteiger partial charge in [-0.05, 0) is 43.4 Å². The topological polar surface area (TPSA) is 47.6 Å². The van der Waals surface area contributed by atoms with Gasteiger partial charge in [-0.25, -0.2) is 0 Å². The van der Waals surface area contributed by atoms with Crippen molar-refractivity contribution < 1.29 is 14.3 Å². The van der Waals surface area contributed by atoms with E-state index in [4.69, 9.17) is 32.7 Å². The van der Waals surface area contributed by atoms with Crippen LogP contribution in [0.4, 0.5) is 0 Å². The zero-order valence-electron chi connectivity index (χ0n) is 14.5. The largest absolute Gasteiger partial charge is 0.379 e. The van der Waals surface area contributed by atoms with Crippen molar-refractivity contribution in [1.82, 2.24) is 5.32 Å². The number of hydrogen-bond acceptors (Lipinski definition) is 3. The molecule has 6 heteroatoms. The fourth-order valence-electron chi connectivity index (χ4n) is 3.95. The van der Waals surface area contributed by atoms with E-state index < -0.39 is 0 Å². The van der Waals surface area contributed by atoms with Gasteiger partial charge in [-0.1, -0.05) is 36.2 Å². The van der Waals surface area contributed by atoms with Gasteiger partial charge in [-0.2, -0.15) is 0 Å². The molecule has 1 aromatic rings. The Bertz CT molecular complexity index is 607. The average molecular weight is 386 g/mol. The summed E-state index contributed by atoms with van der Waals surface area (Å²) in [6.45, 7) is 4.13. The van der Waals surface area contributed by atoms with Crippen LogP contribution in [0.15, 0.2) is 18.2 Å². The number of hydrogen-bond donors (Lipinski definition) is 1. The molecule has 3 unspecified atom stereocenters. The molecule has 138 valence electrons. The second kappa shape index (κ2) is 8.26. The van der Waals surface area contributed by atoms with E-state index in [1.807, 2.05) is 18.2 Å². The smallest absolute Gasteiger partial charge is 0.220 e. The van der Waals surface area contributed by atoms with Gasteiger partial charge in [-0.15, -0.1) is 0 Å². The van der Waals surface area contributed by atoms with E-state index in [9.17, 15) is 4.79 Å². The second-order valence-electron chi connectivity index (χ2n) is 6.93. The van der Waals surface area contributed by atoms with Crippen molar-refractivity contribution in [3.8, 4) is 0 Å². The first kappa shape index (κ1) is 19.0. The van der Waals surface area contributed by atoms with Crippen LogP contribution < -0.4 is 5.32 Å². The van der Waals surface area contributed by atoms with Crippen molar-refractivity contribution in [3.63, 3.8) is 0 Å². The average Bonchev–Trinajstić information content (AvgIpc) is 2.64. The zero-order chi connectivity index (χ0) is 17.9. The van der Waals surface area contributed by atoms with Crippen LogP contribution >= 0.6 is 23.2 Å². The minimum Gasteiger partial charge on any atom is -0.379 e. The summed E-state index contributed by atoms with van der Waals surface area (Å²) in [6.07, 6.45) is 4.21. The van der Waals surface area contributed by atoms with Crippen LogP contribution in [0, 0.1) is 0 Å². The Morgan fingerprint density at radius 3 is 2.84 bits per heavy atom. The highest BCUT2D eigenvalue weighted by molar-refractivity contribution is 6.42. The van der Waals surface area contributed by atoms with Crippen molar-refractivity contribution in [1.29, 1.82) is 0 Å². The molecule has 0 bridgehead atoms. The molecule has 25 heavy (non-hydrogen) atoms. The summed E-state index contributed by atoms with van der Waals surface area (Å²) in [5.74, 6) is 0.0894. The van der Waals surface area contributed by atoms with E-state index >= 15 is 0 Å². The third kappa shape index (κ3) is 4.13. The van der Waals surface area contributed by atoms with Crippen LogP contribution in [0.1, 0.15) is 44.6 Å². The standard InChI is InChI=1S/C19H25Cl2NO3/c1-2-17(25-14-4-3-9-24-11-14)19(8-7-18(23)22-12-19)13-5-6-15(20)16(21)10-13/h5-6,10,14,17H,2-4,7-9,11-12H2,1H3,(H,22,23). The number of benzene rings is 1. The first-order valence-electron chi connectivity index (χ1n) is 9.00. The lowest BCUT2D eigenvalue weighted by molar-refractivity contribution is -0.131. The normalized spacial score (nSPS) is 28.4. The van der Waals surface area contributed by atoms with E-state index in [-0.39, 0.29) is 23.5 Å². The van der Waals surface area contributed by atoms with E-state index in [0.29, 0.717) is 29.6 Å². The Morgan fingerprint density at radius 2 is 2.24 bits per heavy atom. The summed E-state index contributed by atoms with van der Waals surface area (Å²) in [4.78, 5) is 11.8. The van der Waals surface area contributed by atoms with Crippen LogP contribution in [-0.2, 0) is 19.7 Å². The molecule has 0 aromatic heterocycles. The van der Waals surface area contributed by atoms with Gasteiger partial charge in [0.05, 0.1) is 28.9 Å². The number of piperidine rings is 1. The van der Waals surface area contributed by atoms with Crippen molar-refractivity contribution in [2.24, 2.45) is 0 Å². The van der Waals surface area contributed by atoms with Crippen molar-refractivity contribution in [2.45, 2.75) is 56.7 Å². The lowest BCUT2D eigenvalue weighted by Crippen LogP contribution is -2.54. The van der Waals surface area contributed by atoms with Crippen molar-refractivity contribution in [3.05, 3.63) is 33.8 Å². The molecule has 2 aliphatic rings. The molecule has 1 N–H and O–H groups in total. The number of carbonyl (C=O) groups excluding carboxylic acids is 1. The summed E-state index contributed by atoms with van der Waals surface area (Å²) in [5.41, 5.74) is 0.777. The number of ether oxygens (including phenoxy) is 2. The third-order valence-corrected chi connectivity index (χ3v) is 6.10. The number of rotatable bonds is 5. The van der Waals surface area contributed by atoms with Gasteiger partial charge < -0.3 is 14.8 Å². The SMILES string of the molecule is CCC(OC1CCCOC1)C1(c2ccc(Cl)c(Cl)c2)CCC(=O)NC1. The molecular formula is C19H25Cl2NO3. The minimum absolute atomic E-state index is 0.0166. The number of halogens is 2. The number of carbonyl (C=O) groups is 1. The van der Waals surface area contributed by atoms with Crippen LogP contribution in [0.25, 0.3) is 0 Å². The summed E-state index contributed by atoms with van der Waals surface area (Å²) in [7, 11) is 0. The lowest BCUT2D eigenvalue weighted by Gasteiger charge is -2.45. The molecule has 3 rings (SSSR count). The molecule has 4 nitrogen and oxygen atoms in total. The Kier molecular flexibility index (Phi) is 6.26. The molecule has 0 spiro atoms. The number of nitrogens with one attached hydrogen (secondary N) is 1. The molecule has 2 heterocycles. The predicted molar refractivity (Wildman–Crippen MR) is 99.4 cm³/mol. The molecule has 0 aliphatic carbocycles. The van der Waals surface area contributed by atoms with Gasteiger partial charge in [0.15, 0.2) is 0 Å². The minimum atomic E-state index is -0.297. The van der Waals surface area contributed by atoms with Gasteiger partial charge in [0.1, 0.15) is 0 Å². The molecule has 1 amide bonds. The van der Waals surface area contributed by atoms with Gasteiger partial charge in [0.25, 0.3) is 0 Å². The lowest BCUT2D eigenvalue weighted by atomic mass is 9.69. The van der Waals surface area contributed by atoms with Gasteiger partial charge in [-0.3, -0.25) is 4.79 Å². The summed E-state index contributed by atoms with van der Waals surface area (Å²) in [5, 5.41) is 4.10. The quantitative estimate of drug-likeness (QED) is 0.828. The summed E-state index contributed by atoms with van der Waals surface area (Å²) < 4.78 is 12.1. The van der Waals surface area contributed by atoms with Gasteiger partial charge in [0.2, 0.25) is 5.91 Å². The molecule has 1 aromatic carbocycles.